The molecule has 0 bridgehead atoms. The van der Waals surface area contributed by atoms with Crippen molar-refractivity contribution in [1.29, 1.82) is 0 Å². The second-order valence-corrected chi connectivity index (χ2v) is 6.21. The van der Waals surface area contributed by atoms with Crippen LogP contribution < -0.4 is 0 Å². The van der Waals surface area contributed by atoms with E-state index in [0.29, 0.717) is 25.4 Å². The minimum atomic E-state index is -0.762. The van der Waals surface area contributed by atoms with Gasteiger partial charge in [-0.1, -0.05) is 0 Å². The summed E-state index contributed by atoms with van der Waals surface area (Å²) in [6.07, 6.45) is 1.77. The van der Waals surface area contributed by atoms with E-state index in [0.717, 1.165) is 19.1 Å². The van der Waals surface area contributed by atoms with Crippen LogP contribution in [0.5, 0.6) is 0 Å². The van der Waals surface area contributed by atoms with Crippen molar-refractivity contribution in [1.82, 2.24) is 0 Å². The first-order valence-electron chi connectivity index (χ1n) is 7.84. The van der Waals surface area contributed by atoms with Crippen molar-refractivity contribution in [3.05, 3.63) is 34.9 Å². The lowest BCUT2D eigenvalue weighted by Gasteiger charge is -2.37. The summed E-state index contributed by atoms with van der Waals surface area (Å²) in [6, 6.07) is 2.49. The standard InChI is InChI=1S/C17H20F2O4/c1-10-14(18)4-12(5-15(10)19)17-22-8-13(9-23-17)16-3-2-11(6-20)7-21-16/h4-6,11,13,16-17H,2-3,7-9H2,1H3. The van der Waals surface area contributed by atoms with Crippen LogP contribution in [0, 0.1) is 30.4 Å². The van der Waals surface area contributed by atoms with Gasteiger partial charge in [0.1, 0.15) is 17.9 Å². The Morgan fingerprint density at radius 3 is 2.22 bits per heavy atom. The SMILES string of the molecule is Cc1c(F)cc(C2OCC(C3CCC(C=O)CO3)CO2)cc1F. The van der Waals surface area contributed by atoms with Crippen LogP contribution >= 0.6 is 0 Å². The van der Waals surface area contributed by atoms with Crippen molar-refractivity contribution in [2.24, 2.45) is 11.8 Å². The van der Waals surface area contributed by atoms with Crippen molar-refractivity contribution in [2.75, 3.05) is 19.8 Å². The molecule has 126 valence electrons. The maximum Gasteiger partial charge on any atom is 0.184 e. The Kier molecular flexibility index (Phi) is 5.04. The third-order valence-corrected chi connectivity index (χ3v) is 4.56. The van der Waals surface area contributed by atoms with E-state index >= 15 is 0 Å². The van der Waals surface area contributed by atoms with E-state index in [1.165, 1.54) is 19.1 Å². The number of carbonyl (C=O) groups excluding carboxylic acids is 1. The molecule has 0 spiro atoms. The Labute approximate surface area is 133 Å². The van der Waals surface area contributed by atoms with Crippen molar-refractivity contribution >= 4 is 6.29 Å². The van der Waals surface area contributed by atoms with Gasteiger partial charge in [-0.05, 0) is 31.9 Å². The predicted octanol–water partition coefficient (Wildman–Crippen LogP) is 2.93. The molecule has 0 N–H and O–H groups in total. The Bertz CT molecular complexity index is 539. The molecule has 2 unspecified atom stereocenters. The fraction of sp³-hybridized carbons (Fsp3) is 0.588. The lowest BCUT2D eigenvalue weighted by Crippen LogP contribution is -2.40. The minimum Gasteiger partial charge on any atom is -0.377 e. The number of hydrogen-bond donors (Lipinski definition) is 0. The zero-order valence-corrected chi connectivity index (χ0v) is 13.0. The number of aldehydes is 1. The lowest BCUT2D eigenvalue weighted by molar-refractivity contribution is -0.227. The smallest absolute Gasteiger partial charge is 0.184 e. The van der Waals surface area contributed by atoms with Crippen LogP contribution in [0.4, 0.5) is 8.78 Å². The lowest BCUT2D eigenvalue weighted by atomic mass is 9.92. The Morgan fingerprint density at radius 1 is 1.04 bits per heavy atom. The highest BCUT2D eigenvalue weighted by Gasteiger charge is 2.33. The molecule has 1 aromatic rings. The number of benzene rings is 1. The van der Waals surface area contributed by atoms with E-state index in [1.807, 2.05) is 0 Å². The summed E-state index contributed by atoms with van der Waals surface area (Å²) < 4.78 is 44.2. The summed E-state index contributed by atoms with van der Waals surface area (Å²) in [5.41, 5.74) is 0.331. The van der Waals surface area contributed by atoms with Gasteiger partial charge in [-0.25, -0.2) is 8.78 Å². The summed E-state index contributed by atoms with van der Waals surface area (Å²) in [4.78, 5) is 10.7. The molecule has 2 aliphatic rings. The molecule has 2 saturated heterocycles. The molecule has 0 saturated carbocycles. The maximum atomic E-state index is 13.6. The third-order valence-electron chi connectivity index (χ3n) is 4.56. The molecule has 4 nitrogen and oxygen atoms in total. The van der Waals surface area contributed by atoms with Crippen LogP contribution in [-0.4, -0.2) is 32.2 Å². The summed E-state index contributed by atoms with van der Waals surface area (Å²) in [5, 5.41) is 0. The molecule has 0 aliphatic carbocycles. The van der Waals surface area contributed by atoms with Crippen molar-refractivity contribution in [2.45, 2.75) is 32.2 Å². The van der Waals surface area contributed by atoms with Crippen LogP contribution in [0.15, 0.2) is 12.1 Å². The molecular weight excluding hydrogens is 306 g/mol. The number of carbonyl (C=O) groups is 1. The van der Waals surface area contributed by atoms with E-state index in [4.69, 9.17) is 14.2 Å². The molecule has 2 aliphatic heterocycles. The van der Waals surface area contributed by atoms with Gasteiger partial charge in [-0.3, -0.25) is 0 Å². The molecule has 0 amide bonds. The van der Waals surface area contributed by atoms with Gasteiger partial charge < -0.3 is 19.0 Å². The number of rotatable bonds is 3. The second-order valence-electron chi connectivity index (χ2n) is 6.21. The second kappa shape index (κ2) is 7.03. The highest BCUT2D eigenvalue weighted by atomic mass is 19.1. The summed E-state index contributed by atoms with van der Waals surface area (Å²) >= 11 is 0. The molecule has 1 aromatic carbocycles. The van der Waals surface area contributed by atoms with Gasteiger partial charge in [0, 0.05) is 23.0 Å². The molecule has 23 heavy (non-hydrogen) atoms. The maximum absolute atomic E-state index is 13.6. The number of ether oxygens (including phenoxy) is 3. The summed E-state index contributed by atoms with van der Waals surface area (Å²) in [6.45, 7) is 2.62. The molecule has 6 heteroatoms. The van der Waals surface area contributed by atoms with Crippen LogP contribution in [0.25, 0.3) is 0 Å². The molecule has 3 rings (SSSR count). The summed E-state index contributed by atoms with van der Waals surface area (Å²) in [7, 11) is 0. The van der Waals surface area contributed by atoms with E-state index in [2.05, 4.69) is 0 Å². The Hall–Kier alpha value is -1.37. The van der Waals surface area contributed by atoms with Crippen LogP contribution in [0.2, 0.25) is 0 Å². The van der Waals surface area contributed by atoms with Gasteiger partial charge in [0.05, 0.1) is 25.9 Å². The van der Waals surface area contributed by atoms with Crippen LogP contribution in [-0.2, 0) is 19.0 Å². The zero-order chi connectivity index (χ0) is 16.4. The Balaban J connectivity index is 1.57. The quantitative estimate of drug-likeness (QED) is 0.801. The topological polar surface area (TPSA) is 44.8 Å². The van der Waals surface area contributed by atoms with Crippen LogP contribution in [0.3, 0.4) is 0 Å². The molecule has 2 fully saturated rings. The molecule has 2 heterocycles. The van der Waals surface area contributed by atoms with Crippen molar-refractivity contribution < 1.29 is 27.8 Å². The first kappa shape index (κ1) is 16.5. The van der Waals surface area contributed by atoms with Crippen molar-refractivity contribution in [3.63, 3.8) is 0 Å². The van der Waals surface area contributed by atoms with E-state index in [-0.39, 0.29) is 23.5 Å². The first-order chi connectivity index (χ1) is 11.1. The average molecular weight is 326 g/mol. The van der Waals surface area contributed by atoms with E-state index in [9.17, 15) is 13.6 Å². The normalized spacial score (nSPS) is 31.8. The summed E-state index contributed by atoms with van der Waals surface area (Å²) in [5.74, 6) is -1.17. The fourth-order valence-corrected chi connectivity index (χ4v) is 3.00. The van der Waals surface area contributed by atoms with E-state index in [1.54, 1.807) is 0 Å². The van der Waals surface area contributed by atoms with Gasteiger partial charge in [0.25, 0.3) is 0 Å². The Morgan fingerprint density at radius 2 is 1.70 bits per heavy atom. The fourth-order valence-electron chi connectivity index (χ4n) is 3.00. The highest BCUT2D eigenvalue weighted by Crippen LogP contribution is 2.31. The zero-order valence-electron chi connectivity index (χ0n) is 13.0. The molecule has 0 radical (unpaired) electrons. The molecule has 0 aromatic heterocycles. The van der Waals surface area contributed by atoms with Crippen molar-refractivity contribution in [3.8, 4) is 0 Å². The van der Waals surface area contributed by atoms with Gasteiger partial charge in [-0.2, -0.15) is 0 Å². The first-order valence-corrected chi connectivity index (χ1v) is 7.84. The van der Waals surface area contributed by atoms with Crippen LogP contribution in [0.1, 0.15) is 30.3 Å². The van der Waals surface area contributed by atoms with Gasteiger partial charge in [-0.15, -0.1) is 0 Å². The molecule has 2 atom stereocenters. The van der Waals surface area contributed by atoms with Gasteiger partial charge in [0.15, 0.2) is 6.29 Å². The van der Waals surface area contributed by atoms with Gasteiger partial charge >= 0.3 is 0 Å². The predicted molar refractivity (Wildman–Crippen MR) is 77.8 cm³/mol. The highest BCUT2D eigenvalue weighted by molar-refractivity contribution is 5.53. The number of hydrogen-bond acceptors (Lipinski definition) is 4. The van der Waals surface area contributed by atoms with E-state index < -0.39 is 17.9 Å². The third kappa shape index (κ3) is 3.59. The monoisotopic (exact) mass is 326 g/mol. The minimum absolute atomic E-state index is 0.00126. The molecular formula is C17H20F2O4. The van der Waals surface area contributed by atoms with Gasteiger partial charge in [0.2, 0.25) is 0 Å². The average Bonchev–Trinajstić information content (AvgIpc) is 2.59. The number of halogens is 2. The largest absolute Gasteiger partial charge is 0.377 e.